The van der Waals surface area contributed by atoms with Crippen molar-refractivity contribution in [1.29, 1.82) is 0 Å². The number of rotatable bonds is 11. The van der Waals surface area contributed by atoms with Crippen LogP contribution in [0.25, 0.3) is 0 Å². The third-order valence-electron chi connectivity index (χ3n) is 2.84. The maximum Gasteiger partial charge on any atom is 0.178 e. The lowest BCUT2D eigenvalue weighted by molar-refractivity contribution is 0.0725. The molecule has 0 amide bonds. The molecule has 0 unspecified atom stereocenters. The average molecular weight is 443 g/mol. The second-order valence-electron chi connectivity index (χ2n) is 4.33. The number of nitrogens with zero attached hydrogens (tertiary/aromatic N) is 1. The smallest absolute Gasteiger partial charge is 0.178 e. The summed E-state index contributed by atoms with van der Waals surface area (Å²) in [6.45, 7) is 8.42. The van der Waals surface area contributed by atoms with Crippen molar-refractivity contribution >= 4 is 49.0 Å². The van der Waals surface area contributed by atoms with Gasteiger partial charge in [0, 0.05) is 31.9 Å². The first-order valence-corrected chi connectivity index (χ1v) is 9.34. The molecule has 0 bridgehead atoms. The van der Waals surface area contributed by atoms with E-state index < -0.39 is 0 Å². The van der Waals surface area contributed by atoms with Gasteiger partial charge in [-0.15, -0.1) is 11.3 Å². The van der Waals surface area contributed by atoms with Gasteiger partial charge >= 0.3 is 0 Å². The maximum atomic E-state index is 12.4. The van der Waals surface area contributed by atoms with Crippen molar-refractivity contribution in [3.8, 4) is 0 Å². The number of ether oxygens (including phenoxy) is 2. The lowest BCUT2D eigenvalue weighted by atomic mass is 10.2. The van der Waals surface area contributed by atoms with Gasteiger partial charge in [-0.05, 0) is 51.8 Å². The normalized spacial score (nSPS) is 11.3. The first-order chi connectivity index (χ1) is 10.1. The van der Waals surface area contributed by atoms with E-state index in [1.54, 1.807) is 0 Å². The number of carbonyl (C=O) groups is 1. The molecule has 0 radical (unpaired) electrons. The molecule has 120 valence electrons. The van der Waals surface area contributed by atoms with E-state index >= 15 is 0 Å². The molecule has 0 atom stereocenters. The minimum Gasteiger partial charge on any atom is -0.380 e. The van der Waals surface area contributed by atoms with E-state index in [-0.39, 0.29) is 5.78 Å². The SMILES string of the molecule is CCOCCN(CCOCC)CC(=O)c1cc(Br)sc1Br. The van der Waals surface area contributed by atoms with E-state index in [9.17, 15) is 4.79 Å². The number of thiophene rings is 1. The lowest BCUT2D eigenvalue weighted by Gasteiger charge is -2.21. The zero-order chi connectivity index (χ0) is 15.7. The molecule has 0 aromatic carbocycles. The fourth-order valence-corrected chi connectivity index (χ4v) is 4.62. The Balaban J connectivity index is 2.56. The van der Waals surface area contributed by atoms with Gasteiger partial charge in [0.15, 0.2) is 5.78 Å². The van der Waals surface area contributed by atoms with Gasteiger partial charge < -0.3 is 9.47 Å². The van der Waals surface area contributed by atoms with Crippen LogP contribution in [-0.4, -0.2) is 56.7 Å². The fraction of sp³-hybridized carbons (Fsp3) is 0.643. The van der Waals surface area contributed by atoms with Crippen LogP contribution in [-0.2, 0) is 9.47 Å². The summed E-state index contributed by atoms with van der Waals surface area (Å²) in [6.07, 6.45) is 0. The minimum absolute atomic E-state index is 0.108. The number of carbonyl (C=O) groups excluding carboxylic acids is 1. The Kier molecular flexibility index (Phi) is 9.96. The standard InChI is InChI=1S/C14H21Br2NO3S/c1-3-19-7-5-17(6-8-20-4-2)10-12(18)11-9-13(15)21-14(11)16/h9H,3-8,10H2,1-2H3. The van der Waals surface area contributed by atoms with E-state index in [2.05, 4.69) is 36.8 Å². The second kappa shape index (κ2) is 10.9. The third-order valence-corrected chi connectivity index (χ3v) is 5.18. The predicted octanol–water partition coefficient (Wildman–Crippen LogP) is 3.83. The number of halogens is 2. The van der Waals surface area contributed by atoms with Crippen LogP contribution in [0.4, 0.5) is 0 Å². The van der Waals surface area contributed by atoms with Crippen molar-refractivity contribution in [2.75, 3.05) is 46.1 Å². The third kappa shape index (κ3) is 7.34. The summed E-state index contributed by atoms with van der Waals surface area (Å²) in [7, 11) is 0. The highest BCUT2D eigenvalue weighted by molar-refractivity contribution is 9.12. The van der Waals surface area contributed by atoms with Gasteiger partial charge in [-0.1, -0.05) is 0 Å². The van der Waals surface area contributed by atoms with Crippen LogP contribution in [0.15, 0.2) is 13.6 Å². The van der Waals surface area contributed by atoms with Crippen molar-refractivity contribution in [3.63, 3.8) is 0 Å². The Bertz CT molecular complexity index is 430. The van der Waals surface area contributed by atoms with Gasteiger partial charge in [-0.3, -0.25) is 9.69 Å². The zero-order valence-corrected chi connectivity index (χ0v) is 16.4. The van der Waals surface area contributed by atoms with Crippen molar-refractivity contribution < 1.29 is 14.3 Å². The molecule has 0 aliphatic rings. The van der Waals surface area contributed by atoms with Crippen molar-refractivity contribution in [2.24, 2.45) is 0 Å². The van der Waals surface area contributed by atoms with E-state index in [1.165, 1.54) is 11.3 Å². The molecule has 0 spiro atoms. The summed E-state index contributed by atoms with van der Waals surface area (Å²) >= 11 is 8.35. The molecule has 1 aromatic rings. The molecule has 0 aliphatic heterocycles. The molecule has 0 fully saturated rings. The van der Waals surface area contributed by atoms with E-state index in [4.69, 9.17) is 9.47 Å². The van der Waals surface area contributed by atoms with E-state index in [1.807, 2.05) is 19.9 Å². The monoisotopic (exact) mass is 441 g/mol. The molecule has 0 aliphatic carbocycles. The van der Waals surface area contributed by atoms with Gasteiger partial charge in [0.25, 0.3) is 0 Å². The maximum absolute atomic E-state index is 12.4. The van der Waals surface area contributed by atoms with Crippen LogP contribution < -0.4 is 0 Å². The first-order valence-electron chi connectivity index (χ1n) is 6.94. The van der Waals surface area contributed by atoms with Crippen molar-refractivity contribution in [3.05, 3.63) is 19.2 Å². The molecule has 4 nitrogen and oxygen atoms in total. The summed E-state index contributed by atoms with van der Waals surface area (Å²) < 4.78 is 12.6. The van der Waals surface area contributed by atoms with Crippen LogP contribution in [0.3, 0.4) is 0 Å². The number of hydrogen-bond acceptors (Lipinski definition) is 5. The van der Waals surface area contributed by atoms with Crippen molar-refractivity contribution in [2.45, 2.75) is 13.8 Å². The van der Waals surface area contributed by atoms with Gasteiger partial charge in [-0.25, -0.2) is 0 Å². The summed E-state index contributed by atoms with van der Waals surface area (Å²) in [4.78, 5) is 14.5. The summed E-state index contributed by atoms with van der Waals surface area (Å²) in [6, 6.07) is 1.86. The molecular formula is C14H21Br2NO3S. The fourth-order valence-electron chi connectivity index (χ4n) is 1.76. The summed E-state index contributed by atoms with van der Waals surface area (Å²) in [5.41, 5.74) is 0.727. The van der Waals surface area contributed by atoms with Gasteiger partial charge in [0.2, 0.25) is 0 Å². The molecule has 0 saturated carbocycles. The van der Waals surface area contributed by atoms with E-state index in [0.29, 0.717) is 33.0 Å². The van der Waals surface area contributed by atoms with Crippen LogP contribution in [0.2, 0.25) is 0 Å². The molecule has 1 heterocycles. The first kappa shape index (κ1) is 19.3. The van der Waals surface area contributed by atoms with Crippen LogP contribution in [0.5, 0.6) is 0 Å². The second-order valence-corrected chi connectivity index (χ2v) is 8.08. The number of ketones is 1. The Morgan fingerprint density at radius 2 is 1.76 bits per heavy atom. The highest BCUT2D eigenvalue weighted by atomic mass is 79.9. The Morgan fingerprint density at radius 1 is 1.19 bits per heavy atom. The topological polar surface area (TPSA) is 38.8 Å². The number of hydrogen-bond donors (Lipinski definition) is 0. The van der Waals surface area contributed by atoms with Crippen LogP contribution in [0, 0.1) is 0 Å². The summed E-state index contributed by atoms with van der Waals surface area (Å²) in [5, 5.41) is 0. The molecular weight excluding hydrogens is 422 g/mol. The lowest BCUT2D eigenvalue weighted by Crippen LogP contribution is -2.35. The van der Waals surface area contributed by atoms with Crippen LogP contribution >= 0.6 is 43.2 Å². The molecule has 1 rings (SSSR count). The van der Waals surface area contributed by atoms with Gasteiger partial charge in [0.05, 0.1) is 27.3 Å². The highest BCUT2D eigenvalue weighted by Gasteiger charge is 2.17. The Labute approximate surface area is 147 Å². The van der Waals surface area contributed by atoms with E-state index in [0.717, 1.165) is 26.2 Å². The highest BCUT2D eigenvalue weighted by Crippen LogP contribution is 2.32. The predicted molar refractivity (Wildman–Crippen MR) is 93.5 cm³/mol. The quantitative estimate of drug-likeness (QED) is 0.385. The van der Waals surface area contributed by atoms with Gasteiger partial charge in [0.1, 0.15) is 0 Å². The Morgan fingerprint density at radius 3 is 2.19 bits per heavy atom. The van der Waals surface area contributed by atoms with Crippen molar-refractivity contribution in [1.82, 2.24) is 4.90 Å². The Hall–Kier alpha value is 0.210. The zero-order valence-electron chi connectivity index (χ0n) is 12.4. The molecule has 21 heavy (non-hydrogen) atoms. The minimum atomic E-state index is 0.108. The summed E-state index contributed by atoms with van der Waals surface area (Å²) in [5.74, 6) is 0.108. The largest absolute Gasteiger partial charge is 0.380 e. The molecule has 7 heteroatoms. The average Bonchev–Trinajstić information content (AvgIpc) is 2.78. The molecule has 1 aromatic heterocycles. The van der Waals surface area contributed by atoms with Crippen LogP contribution in [0.1, 0.15) is 24.2 Å². The molecule has 0 N–H and O–H groups in total. The number of Topliss-reactive ketones (excluding diaryl/α,β-unsaturated/α-hetero) is 1. The molecule has 0 saturated heterocycles. The van der Waals surface area contributed by atoms with Gasteiger partial charge in [-0.2, -0.15) is 0 Å².